The second kappa shape index (κ2) is 8.85. The molecular weight excluding hydrogens is 249 g/mol. The molecule has 1 unspecified atom stereocenters. The number of para-hydroxylation sites is 1. The molecule has 0 saturated carbocycles. The molecule has 3 N–H and O–H groups in total. The van der Waals surface area contributed by atoms with Gasteiger partial charge in [-0.1, -0.05) is 25.5 Å². The summed E-state index contributed by atoms with van der Waals surface area (Å²) in [6, 6.07) is 4.58. The maximum atomic E-state index is 13.5. The third-order valence-corrected chi connectivity index (χ3v) is 2.64. The number of hydrogen-bond donors (Lipinski definition) is 2. The van der Waals surface area contributed by atoms with E-state index in [4.69, 9.17) is 15.2 Å². The van der Waals surface area contributed by atoms with E-state index in [1.165, 1.54) is 6.07 Å². The summed E-state index contributed by atoms with van der Waals surface area (Å²) in [5.41, 5.74) is 6.09. The molecule has 0 heterocycles. The van der Waals surface area contributed by atoms with E-state index >= 15 is 0 Å². The molecular formula is C14H22FNO3. The van der Waals surface area contributed by atoms with Crippen LogP contribution in [-0.2, 0) is 11.3 Å². The van der Waals surface area contributed by atoms with Crippen LogP contribution in [0.2, 0.25) is 0 Å². The summed E-state index contributed by atoms with van der Waals surface area (Å²) < 4.78 is 24.1. The van der Waals surface area contributed by atoms with Gasteiger partial charge in [0, 0.05) is 18.7 Å². The number of aliphatic hydroxyl groups is 1. The first-order valence-electron chi connectivity index (χ1n) is 6.55. The minimum Gasteiger partial charge on any atom is -0.487 e. The van der Waals surface area contributed by atoms with Crippen molar-refractivity contribution in [2.75, 3.05) is 19.8 Å². The van der Waals surface area contributed by atoms with Gasteiger partial charge in [-0.15, -0.1) is 0 Å². The summed E-state index contributed by atoms with van der Waals surface area (Å²) in [6.45, 7) is 3.04. The normalized spacial score (nSPS) is 12.4. The molecule has 0 aromatic heterocycles. The summed E-state index contributed by atoms with van der Waals surface area (Å²) in [6.07, 6.45) is 1.22. The Kier molecular flexibility index (Phi) is 7.40. The number of hydrogen-bond acceptors (Lipinski definition) is 4. The average Bonchev–Trinajstić information content (AvgIpc) is 2.42. The van der Waals surface area contributed by atoms with Crippen molar-refractivity contribution in [3.05, 3.63) is 29.6 Å². The molecule has 5 heteroatoms. The molecule has 1 aromatic carbocycles. The van der Waals surface area contributed by atoms with E-state index in [-0.39, 0.29) is 25.5 Å². The van der Waals surface area contributed by atoms with Crippen LogP contribution in [-0.4, -0.2) is 31.0 Å². The van der Waals surface area contributed by atoms with Crippen molar-refractivity contribution in [3.8, 4) is 5.75 Å². The van der Waals surface area contributed by atoms with Crippen LogP contribution < -0.4 is 10.5 Å². The smallest absolute Gasteiger partial charge is 0.165 e. The van der Waals surface area contributed by atoms with Gasteiger partial charge in [0.2, 0.25) is 0 Å². The predicted molar refractivity (Wildman–Crippen MR) is 71.5 cm³/mol. The zero-order chi connectivity index (χ0) is 14.1. The highest BCUT2D eigenvalue weighted by Crippen LogP contribution is 2.22. The molecule has 0 aliphatic carbocycles. The van der Waals surface area contributed by atoms with Crippen LogP contribution >= 0.6 is 0 Å². The lowest BCUT2D eigenvalue weighted by atomic mass is 10.2. The van der Waals surface area contributed by atoms with Gasteiger partial charge in [0.15, 0.2) is 11.6 Å². The highest BCUT2D eigenvalue weighted by molar-refractivity contribution is 5.34. The van der Waals surface area contributed by atoms with Crippen LogP contribution in [0.5, 0.6) is 5.75 Å². The number of halogens is 1. The number of unbranched alkanes of at least 4 members (excludes halogenated alkanes) is 1. The van der Waals surface area contributed by atoms with Gasteiger partial charge in [-0.2, -0.15) is 0 Å². The molecule has 1 rings (SSSR count). The molecule has 4 nitrogen and oxygen atoms in total. The third kappa shape index (κ3) is 5.55. The molecule has 0 aliphatic rings. The summed E-state index contributed by atoms with van der Waals surface area (Å²) in [5.74, 6) is -0.361. The first-order valence-corrected chi connectivity index (χ1v) is 6.55. The summed E-state index contributed by atoms with van der Waals surface area (Å²) in [5, 5.41) is 9.66. The highest BCUT2D eigenvalue weighted by atomic mass is 19.1. The fraction of sp³-hybridized carbons (Fsp3) is 0.571. The second-order valence-corrected chi connectivity index (χ2v) is 4.33. The summed E-state index contributed by atoms with van der Waals surface area (Å²) in [7, 11) is 0. The molecule has 0 aliphatic heterocycles. The van der Waals surface area contributed by atoms with Crippen molar-refractivity contribution < 1.29 is 19.0 Å². The van der Waals surface area contributed by atoms with Crippen LogP contribution in [0.15, 0.2) is 18.2 Å². The van der Waals surface area contributed by atoms with Crippen molar-refractivity contribution in [2.45, 2.75) is 32.4 Å². The van der Waals surface area contributed by atoms with E-state index in [1.807, 2.05) is 0 Å². The van der Waals surface area contributed by atoms with Gasteiger partial charge in [0.05, 0.1) is 6.61 Å². The zero-order valence-electron chi connectivity index (χ0n) is 11.3. The lowest BCUT2D eigenvalue weighted by molar-refractivity contribution is 0.0104. The Morgan fingerprint density at radius 1 is 1.37 bits per heavy atom. The minimum atomic E-state index is -0.776. The van der Waals surface area contributed by atoms with Gasteiger partial charge in [-0.05, 0) is 12.5 Å². The number of rotatable bonds is 9. The van der Waals surface area contributed by atoms with Crippen molar-refractivity contribution in [1.82, 2.24) is 0 Å². The fourth-order valence-electron chi connectivity index (χ4n) is 1.57. The van der Waals surface area contributed by atoms with Gasteiger partial charge in [0.25, 0.3) is 0 Å². The fourth-order valence-corrected chi connectivity index (χ4v) is 1.57. The van der Waals surface area contributed by atoms with Gasteiger partial charge in [-0.25, -0.2) is 4.39 Å². The van der Waals surface area contributed by atoms with Crippen molar-refractivity contribution in [2.24, 2.45) is 5.73 Å². The maximum Gasteiger partial charge on any atom is 0.165 e. The molecule has 1 aromatic rings. The van der Waals surface area contributed by atoms with Crippen LogP contribution in [0.3, 0.4) is 0 Å². The SMILES string of the molecule is CCCCOCC(O)COc1c(F)cccc1CN. The summed E-state index contributed by atoms with van der Waals surface area (Å²) >= 11 is 0. The largest absolute Gasteiger partial charge is 0.487 e. The molecule has 0 amide bonds. The molecule has 1 atom stereocenters. The molecule has 0 radical (unpaired) electrons. The molecule has 19 heavy (non-hydrogen) atoms. The molecule has 0 bridgehead atoms. The van der Waals surface area contributed by atoms with E-state index in [9.17, 15) is 9.50 Å². The second-order valence-electron chi connectivity index (χ2n) is 4.33. The van der Waals surface area contributed by atoms with Crippen molar-refractivity contribution >= 4 is 0 Å². The van der Waals surface area contributed by atoms with Crippen LogP contribution in [0.4, 0.5) is 4.39 Å². The van der Waals surface area contributed by atoms with E-state index < -0.39 is 11.9 Å². The van der Waals surface area contributed by atoms with E-state index in [0.29, 0.717) is 12.2 Å². The standard InChI is InChI=1S/C14H22FNO3/c1-2-3-7-18-9-12(17)10-19-14-11(8-16)5-4-6-13(14)15/h4-6,12,17H,2-3,7-10,16H2,1H3. The Labute approximate surface area is 113 Å². The minimum absolute atomic E-state index is 0.0138. The summed E-state index contributed by atoms with van der Waals surface area (Å²) in [4.78, 5) is 0. The van der Waals surface area contributed by atoms with Crippen LogP contribution in [0, 0.1) is 5.82 Å². The van der Waals surface area contributed by atoms with E-state index in [1.54, 1.807) is 12.1 Å². The number of aliphatic hydroxyl groups excluding tert-OH is 1. The molecule has 0 saturated heterocycles. The highest BCUT2D eigenvalue weighted by Gasteiger charge is 2.11. The Morgan fingerprint density at radius 3 is 2.84 bits per heavy atom. The van der Waals surface area contributed by atoms with E-state index in [0.717, 1.165) is 12.8 Å². The van der Waals surface area contributed by atoms with Gasteiger partial charge in [-0.3, -0.25) is 0 Å². The average molecular weight is 271 g/mol. The van der Waals surface area contributed by atoms with Gasteiger partial charge >= 0.3 is 0 Å². The Bertz CT molecular complexity index is 374. The van der Waals surface area contributed by atoms with Gasteiger partial charge < -0.3 is 20.3 Å². The Balaban J connectivity index is 2.39. The number of nitrogens with two attached hydrogens (primary N) is 1. The first-order chi connectivity index (χ1) is 9.19. The monoisotopic (exact) mass is 271 g/mol. The van der Waals surface area contributed by atoms with Crippen LogP contribution in [0.1, 0.15) is 25.3 Å². The quantitative estimate of drug-likeness (QED) is 0.673. The van der Waals surface area contributed by atoms with Crippen molar-refractivity contribution in [3.63, 3.8) is 0 Å². The molecule has 0 spiro atoms. The zero-order valence-corrected chi connectivity index (χ0v) is 11.3. The Hall–Kier alpha value is -1.17. The van der Waals surface area contributed by atoms with E-state index in [2.05, 4.69) is 6.92 Å². The topological polar surface area (TPSA) is 64.7 Å². The molecule has 0 fully saturated rings. The predicted octanol–water partition coefficient (Wildman–Crippen LogP) is 1.84. The lowest BCUT2D eigenvalue weighted by Crippen LogP contribution is -2.24. The number of ether oxygens (including phenoxy) is 2. The molecule has 108 valence electrons. The number of benzene rings is 1. The van der Waals surface area contributed by atoms with Crippen molar-refractivity contribution in [1.29, 1.82) is 0 Å². The first kappa shape index (κ1) is 15.9. The Morgan fingerprint density at radius 2 is 2.16 bits per heavy atom. The lowest BCUT2D eigenvalue weighted by Gasteiger charge is -2.15. The van der Waals surface area contributed by atoms with Gasteiger partial charge in [0.1, 0.15) is 12.7 Å². The van der Waals surface area contributed by atoms with Crippen LogP contribution in [0.25, 0.3) is 0 Å². The maximum absolute atomic E-state index is 13.5. The third-order valence-electron chi connectivity index (χ3n) is 2.64.